The second-order valence-electron chi connectivity index (χ2n) is 25.4. The summed E-state index contributed by atoms with van der Waals surface area (Å²) in [6.45, 7) is 33.9. The number of nitrogens with one attached hydrogen (secondary N) is 1. The molecule has 0 aliphatic rings. The zero-order chi connectivity index (χ0) is 66.6. The first kappa shape index (κ1) is 87.4. The summed E-state index contributed by atoms with van der Waals surface area (Å²) in [5, 5.41) is 11.1. The van der Waals surface area contributed by atoms with Crippen molar-refractivity contribution in [3.63, 3.8) is 0 Å². The summed E-state index contributed by atoms with van der Waals surface area (Å²) in [7, 11) is -4.18. The van der Waals surface area contributed by atoms with Gasteiger partial charge in [-0.1, -0.05) is 237 Å². The standard InChI is InChI=1S/C34H65NO7Si.C27H54O4Si.C7H13NO4/c1-9-40-33(38)32(34(39)41-10-2)35-30(36)25-23-21-19-17-15-13-11-12-14-16-18-20-22-24-26-31(37)42-43(27(3)4,28(5)6)29(7)8;1-23(2)32(24(3)4,25(5)6)31-27(30)22-20-18-16-14-12-10-8-7-9-11-13-15-17-19-21-26(28)29;1-3-11-6(9)5(8)7(10)12-4-2/h27-29,32H,9-26H2,1-8H3,(H,35,36);23-25H,7-22H2,1-6H3,(H,28,29);5H,3-4,8H2,1-2H3. The monoisotopic (exact) mass is 1270 g/mol. The molecule has 0 aliphatic carbocycles. The number of hydrogen-bond acceptors (Lipinski definition) is 15. The first-order valence-electron chi connectivity index (χ1n) is 34.6. The van der Waals surface area contributed by atoms with E-state index in [9.17, 15) is 38.4 Å². The molecule has 0 rings (SSSR count). The highest BCUT2D eigenvalue weighted by Crippen LogP contribution is 2.44. The van der Waals surface area contributed by atoms with Crippen LogP contribution in [0.2, 0.25) is 33.2 Å². The molecule has 0 aliphatic heterocycles. The molecule has 0 spiro atoms. The lowest BCUT2D eigenvalue weighted by atomic mass is 10.0. The first-order chi connectivity index (χ1) is 41.2. The van der Waals surface area contributed by atoms with Gasteiger partial charge in [-0.3, -0.25) is 19.2 Å². The van der Waals surface area contributed by atoms with Gasteiger partial charge in [-0.25, -0.2) is 19.2 Å². The number of carbonyl (C=O) groups is 8. The van der Waals surface area contributed by atoms with Crippen LogP contribution in [0, 0.1) is 0 Å². The van der Waals surface area contributed by atoms with Gasteiger partial charge in [0.1, 0.15) is 0 Å². The Morgan fingerprint density at radius 2 is 0.540 bits per heavy atom. The Morgan fingerprint density at radius 3 is 0.759 bits per heavy atom. The first-order valence-corrected chi connectivity index (χ1v) is 38.9. The van der Waals surface area contributed by atoms with Gasteiger partial charge in [0.15, 0.2) is 0 Å². The molecule has 0 aromatic heterocycles. The molecule has 87 heavy (non-hydrogen) atoms. The summed E-state index contributed by atoms with van der Waals surface area (Å²) in [6.07, 6.45) is 34.5. The smallest absolute Gasteiger partial charge is 0.340 e. The Kier molecular flexibility index (Phi) is 55.3. The number of carbonyl (C=O) groups excluding carboxylic acids is 7. The SMILES string of the molecule is CC(C)[Si](OC(=O)CCCCCCCCCCCCCCCCC(=O)O)(C(C)C)C(C)C.CCOC(=O)C(N)C(=O)OCC.CCOC(=O)C(NC(=O)CCCCCCCCCCCCCCCCC(=O)O[Si](C(C)C)(C(C)C)C(C)C)C(=O)OCC. The number of aliphatic carboxylic acids is 1. The third kappa shape index (κ3) is 42.0. The Labute approximate surface area is 532 Å². The number of amides is 1. The fourth-order valence-electron chi connectivity index (χ4n) is 12.0. The summed E-state index contributed by atoms with van der Waals surface area (Å²) in [6, 6.07) is -2.71. The van der Waals surface area contributed by atoms with Crippen LogP contribution >= 0.6 is 0 Å². The number of carboxylic acids is 1. The molecule has 0 fully saturated rings. The molecule has 0 saturated heterocycles. The molecular formula is C68H132N2O15Si2. The number of carboxylic acid groups (broad SMARTS) is 1. The van der Waals surface area contributed by atoms with E-state index in [4.69, 9.17) is 29.2 Å². The molecule has 0 atom stereocenters. The lowest BCUT2D eigenvalue weighted by Gasteiger charge is -2.41. The zero-order valence-corrected chi connectivity index (χ0v) is 60.3. The lowest BCUT2D eigenvalue weighted by molar-refractivity contribution is -0.160. The van der Waals surface area contributed by atoms with Gasteiger partial charge in [0.05, 0.1) is 26.4 Å². The van der Waals surface area contributed by atoms with Crippen molar-refractivity contribution >= 4 is 64.3 Å². The van der Waals surface area contributed by atoms with Crippen LogP contribution in [0.3, 0.4) is 0 Å². The zero-order valence-electron chi connectivity index (χ0n) is 58.3. The topological polar surface area (TPSA) is 250 Å². The van der Waals surface area contributed by atoms with Gasteiger partial charge < -0.3 is 44.0 Å². The third-order valence-electron chi connectivity index (χ3n) is 16.5. The highest BCUT2D eigenvalue weighted by Gasteiger charge is 2.49. The number of hydrogen-bond donors (Lipinski definition) is 3. The second-order valence-corrected chi connectivity index (χ2v) is 36.1. The van der Waals surface area contributed by atoms with E-state index in [1.807, 2.05) is 0 Å². The number of unbranched alkanes of at least 4 members (excludes halogenated alkanes) is 26. The molecule has 0 aromatic carbocycles. The fraction of sp³-hybridized carbons (Fsp3) is 0.882. The maximum absolute atomic E-state index is 12.6. The molecule has 0 heterocycles. The molecule has 0 unspecified atom stereocenters. The molecule has 0 radical (unpaired) electrons. The van der Waals surface area contributed by atoms with Gasteiger partial charge in [0, 0.05) is 25.7 Å². The van der Waals surface area contributed by atoms with E-state index in [-0.39, 0.29) is 50.7 Å². The molecule has 4 N–H and O–H groups in total. The second kappa shape index (κ2) is 55.0. The minimum absolute atomic E-state index is 0.0171. The predicted molar refractivity (Wildman–Crippen MR) is 356 cm³/mol. The quantitative estimate of drug-likeness (QED) is 0.0168. The number of esters is 4. The summed E-state index contributed by atoms with van der Waals surface area (Å²) >= 11 is 0. The molecule has 0 bridgehead atoms. The Hall–Kier alpha value is -3.85. The predicted octanol–water partition coefficient (Wildman–Crippen LogP) is 17.0. The van der Waals surface area contributed by atoms with E-state index in [0.29, 0.717) is 52.5 Å². The highest BCUT2D eigenvalue weighted by atomic mass is 28.4. The molecule has 17 nitrogen and oxygen atoms in total. The van der Waals surface area contributed by atoms with Crippen LogP contribution in [-0.2, 0) is 66.2 Å². The molecule has 0 saturated carbocycles. The van der Waals surface area contributed by atoms with Gasteiger partial charge >= 0.3 is 29.8 Å². The van der Waals surface area contributed by atoms with Crippen molar-refractivity contribution in [2.45, 2.75) is 362 Å². The van der Waals surface area contributed by atoms with Gasteiger partial charge in [-0.2, -0.15) is 0 Å². The van der Waals surface area contributed by atoms with Gasteiger partial charge in [0.2, 0.25) is 18.0 Å². The minimum Gasteiger partial charge on any atom is -0.518 e. The molecule has 19 heteroatoms. The van der Waals surface area contributed by atoms with E-state index in [0.717, 1.165) is 64.2 Å². The van der Waals surface area contributed by atoms with Crippen molar-refractivity contribution in [1.82, 2.24) is 5.32 Å². The van der Waals surface area contributed by atoms with Gasteiger partial charge in [0.25, 0.3) is 28.6 Å². The third-order valence-corrected chi connectivity index (χ3v) is 28.5. The van der Waals surface area contributed by atoms with Crippen LogP contribution in [0.1, 0.15) is 316 Å². The van der Waals surface area contributed by atoms with Crippen LogP contribution in [0.5, 0.6) is 0 Å². The maximum Gasteiger partial charge on any atom is 0.340 e. The summed E-state index contributed by atoms with van der Waals surface area (Å²) in [4.78, 5) is 93.3. The minimum atomic E-state index is -2.11. The molecule has 512 valence electrons. The summed E-state index contributed by atoms with van der Waals surface area (Å²) in [5.41, 5.74) is 7.84. The number of ether oxygens (including phenoxy) is 4. The van der Waals surface area contributed by atoms with Crippen molar-refractivity contribution < 1.29 is 71.3 Å². The van der Waals surface area contributed by atoms with Crippen molar-refractivity contribution in [2.75, 3.05) is 26.4 Å². The van der Waals surface area contributed by atoms with E-state index in [1.165, 1.54) is 116 Å². The van der Waals surface area contributed by atoms with Crippen molar-refractivity contribution in [2.24, 2.45) is 5.73 Å². The van der Waals surface area contributed by atoms with E-state index in [2.05, 4.69) is 97.9 Å². The summed E-state index contributed by atoms with van der Waals surface area (Å²) in [5.74, 6) is -4.03. The van der Waals surface area contributed by atoms with E-state index in [1.54, 1.807) is 27.7 Å². The van der Waals surface area contributed by atoms with Crippen LogP contribution in [0.15, 0.2) is 0 Å². The average molecular weight is 1270 g/mol. The van der Waals surface area contributed by atoms with Crippen LogP contribution < -0.4 is 11.1 Å². The Morgan fingerprint density at radius 1 is 0.333 bits per heavy atom. The Balaban J connectivity index is -0.00000140. The lowest BCUT2D eigenvalue weighted by Crippen LogP contribution is -2.49. The van der Waals surface area contributed by atoms with E-state index < -0.39 is 58.6 Å². The van der Waals surface area contributed by atoms with Crippen molar-refractivity contribution in [3.05, 3.63) is 0 Å². The fourth-order valence-corrected chi connectivity index (χ4v) is 22.4. The van der Waals surface area contributed by atoms with Gasteiger partial charge in [-0.05, 0) is 86.6 Å². The Bertz CT molecular complexity index is 1730. The number of rotatable bonds is 51. The van der Waals surface area contributed by atoms with Gasteiger partial charge in [-0.15, -0.1) is 0 Å². The molecular weight excluding hydrogens is 1140 g/mol. The van der Waals surface area contributed by atoms with Crippen molar-refractivity contribution in [1.29, 1.82) is 0 Å². The summed E-state index contributed by atoms with van der Waals surface area (Å²) < 4.78 is 31.2. The largest absolute Gasteiger partial charge is 0.518 e. The highest BCUT2D eigenvalue weighted by molar-refractivity contribution is 6.79. The average Bonchev–Trinajstić information content (AvgIpc) is 1.92. The van der Waals surface area contributed by atoms with Crippen LogP contribution in [0.25, 0.3) is 0 Å². The van der Waals surface area contributed by atoms with Crippen molar-refractivity contribution in [3.8, 4) is 0 Å². The normalized spacial score (nSPS) is 11.6. The van der Waals surface area contributed by atoms with Crippen LogP contribution in [0.4, 0.5) is 0 Å². The maximum atomic E-state index is 12.6. The molecule has 0 aromatic rings. The number of nitrogens with two attached hydrogens (primary N) is 1. The molecule has 1 amide bonds. The van der Waals surface area contributed by atoms with Crippen LogP contribution in [-0.4, -0.2) is 108 Å². The van der Waals surface area contributed by atoms with E-state index >= 15 is 0 Å².